The number of nitrogens with zero attached hydrogens (tertiary/aromatic N) is 2. The molecule has 5 nitrogen and oxygen atoms in total. The van der Waals surface area contributed by atoms with Crippen LogP contribution in [0.2, 0.25) is 0 Å². The van der Waals surface area contributed by atoms with Crippen LogP contribution in [0.15, 0.2) is 28.3 Å². The number of hydrogen-bond donors (Lipinski definition) is 1. The zero-order valence-corrected chi connectivity index (χ0v) is 26.2. The van der Waals surface area contributed by atoms with Gasteiger partial charge in [-0.15, -0.1) is 21.0 Å². The maximum Gasteiger partial charge on any atom is 0.139 e. The second kappa shape index (κ2) is 9.88. The molecule has 0 aromatic carbocycles. The fraction of sp³-hybridized carbons (Fsp3) is 0.688. The summed E-state index contributed by atoms with van der Waals surface area (Å²) >= 11 is 1.83. The number of Topliss-reactive ketones (excluding diaryl/α,β-unsaturated/α-hetero) is 1. The van der Waals surface area contributed by atoms with Gasteiger partial charge < -0.3 is 9.52 Å². The van der Waals surface area contributed by atoms with E-state index in [9.17, 15) is 9.90 Å². The number of furan rings is 1. The lowest BCUT2D eigenvalue weighted by Gasteiger charge is -2.61. The number of aromatic nitrogens is 2. The largest absolute Gasteiger partial charge is 0.463 e. The number of hydrogen-bond acceptors (Lipinski definition) is 5. The van der Waals surface area contributed by atoms with Gasteiger partial charge in [0.05, 0.1) is 24.1 Å². The topological polar surface area (TPSA) is 68.3 Å². The molecule has 0 amide bonds. The number of ketones is 1. The summed E-state index contributed by atoms with van der Waals surface area (Å²) in [4.78, 5) is 13.4. The van der Waals surface area contributed by atoms with Gasteiger partial charge in [0.2, 0.25) is 0 Å². The first-order valence-electron chi connectivity index (χ1n) is 14.9. The molecule has 2 heterocycles. The Bertz CT molecular complexity index is 1300. The van der Waals surface area contributed by atoms with Gasteiger partial charge >= 0.3 is 0 Å². The summed E-state index contributed by atoms with van der Waals surface area (Å²) in [6.45, 7) is 11.9. The van der Waals surface area contributed by atoms with Gasteiger partial charge in [-0.1, -0.05) is 40.2 Å². The van der Waals surface area contributed by atoms with Crippen molar-refractivity contribution in [3.05, 3.63) is 46.7 Å². The minimum atomic E-state index is -0.392. The van der Waals surface area contributed by atoms with E-state index in [1.165, 1.54) is 11.1 Å². The monoisotopic (exact) mass is 568 g/mol. The van der Waals surface area contributed by atoms with Gasteiger partial charge in [-0.2, -0.15) is 5.10 Å². The second-order valence-corrected chi connectivity index (χ2v) is 15.6. The van der Waals surface area contributed by atoms with Crippen LogP contribution in [0.4, 0.5) is 0 Å². The molecule has 1 N–H and O–H groups in total. The summed E-state index contributed by atoms with van der Waals surface area (Å²) in [7, 11) is 2.74. The highest BCUT2D eigenvalue weighted by atomic mass is 32.2. The van der Waals surface area contributed by atoms with Gasteiger partial charge in [-0.3, -0.25) is 9.48 Å². The smallest absolute Gasteiger partial charge is 0.139 e. The van der Waals surface area contributed by atoms with Crippen LogP contribution in [-0.4, -0.2) is 32.3 Å². The van der Waals surface area contributed by atoms with Crippen molar-refractivity contribution < 1.29 is 14.3 Å². The summed E-state index contributed by atoms with van der Waals surface area (Å²) in [6, 6.07) is 4.14. The number of aliphatic hydroxyl groups excluding tert-OH is 1. The van der Waals surface area contributed by atoms with Crippen molar-refractivity contribution in [1.82, 2.24) is 9.78 Å². The van der Waals surface area contributed by atoms with Gasteiger partial charge in [-0.05, 0) is 90.4 Å². The Morgan fingerprint density at radius 2 is 2.05 bits per heavy atom. The van der Waals surface area contributed by atoms with E-state index in [4.69, 9.17) is 9.52 Å². The highest BCUT2D eigenvalue weighted by Gasteiger charge is 2.68. The fourth-order valence-electron chi connectivity index (χ4n) is 9.74. The van der Waals surface area contributed by atoms with Crippen molar-refractivity contribution in [3.8, 4) is 0 Å². The number of carbonyl (C=O) groups excluding carboxylic acids is 1. The summed E-state index contributed by atoms with van der Waals surface area (Å²) < 4.78 is 8.09. The SMILES string of the molecule is CCC(=O)[C@@]1(C)[C@H](C)C[C@H]2[C@@H]3CCC4=Cc5nn(Cc6ccc(CSCP)o6)cc5C[C@]4(C)[C@H]3[C@@H](O)C[C@@]21C. The van der Waals surface area contributed by atoms with E-state index in [0.29, 0.717) is 36.5 Å². The molecule has 0 bridgehead atoms. The molecule has 212 valence electrons. The van der Waals surface area contributed by atoms with E-state index in [-0.39, 0.29) is 22.2 Å². The van der Waals surface area contributed by atoms with Crippen molar-refractivity contribution in [2.75, 3.05) is 5.49 Å². The second-order valence-electron chi connectivity index (χ2n) is 13.5. The lowest BCUT2D eigenvalue weighted by molar-refractivity contribution is -0.158. The molecule has 4 aliphatic rings. The fourth-order valence-corrected chi connectivity index (χ4v) is 10.6. The minimum absolute atomic E-state index is 0.0746. The molecule has 0 saturated heterocycles. The van der Waals surface area contributed by atoms with E-state index in [1.54, 1.807) is 0 Å². The first kappa shape index (κ1) is 27.8. The zero-order valence-electron chi connectivity index (χ0n) is 24.2. The standard InChI is InChI=1S/C32H45N2O3PS/c1-6-28(36)32(5)19(2)11-25-24-10-7-21-12-26-20(13-30(21,3)29(24)27(35)14-31(25,32)4)15-34(33-26)16-22-8-9-23(37-22)17-39-18-38/h8-9,12,15,19,24-25,27,29,35H,6-7,10-11,13-14,16-18,38H2,1-5H3/t19-,24+,25+,27+,29-,30+,31+,32-/m1/s1. The Labute approximate surface area is 240 Å². The highest BCUT2D eigenvalue weighted by molar-refractivity contribution is 8.01. The van der Waals surface area contributed by atoms with Crippen LogP contribution < -0.4 is 0 Å². The molecule has 2 aromatic heterocycles. The number of carbonyl (C=O) groups is 1. The zero-order chi connectivity index (χ0) is 27.7. The van der Waals surface area contributed by atoms with Crippen molar-refractivity contribution in [1.29, 1.82) is 0 Å². The van der Waals surface area contributed by atoms with E-state index in [2.05, 4.69) is 61.3 Å². The van der Waals surface area contributed by atoms with Crippen molar-refractivity contribution >= 4 is 32.9 Å². The third kappa shape index (κ3) is 4.09. The molecule has 0 spiro atoms. The Hall–Kier alpha value is -1.36. The van der Waals surface area contributed by atoms with Crippen molar-refractivity contribution in [2.24, 2.45) is 39.9 Å². The molecular weight excluding hydrogens is 523 g/mol. The van der Waals surface area contributed by atoms with Gasteiger partial charge in [-0.25, -0.2) is 0 Å². The van der Waals surface area contributed by atoms with Crippen LogP contribution in [0.25, 0.3) is 6.08 Å². The summed E-state index contributed by atoms with van der Waals surface area (Å²) in [5.74, 6) is 4.74. The summed E-state index contributed by atoms with van der Waals surface area (Å²) in [5.41, 5.74) is 4.25. The number of fused-ring (bicyclic) bond motifs is 6. The molecule has 2 aromatic rings. The maximum absolute atomic E-state index is 13.4. The molecule has 3 saturated carbocycles. The number of aliphatic hydroxyl groups is 1. The normalized spacial score (nSPS) is 38.9. The Morgan fingerprint density at radius 3 is 2.79 bits per heavy atom. The molecule has 7 heteroatoms. The molecule has 9 atom stereocenters. The molecule has 3 fully saturated rings. The first-order chi connectivity index (χ1) is 18.5. The first-order valence-corrected chi connectivity index (χ1v) is 16.9. The van der Waals surface area contributed by atoms with Crippen LogP contribution in [0.5, 0.6) is 0 Å². The molecule has 1 unspecified atom stereocenters. The Morgan fingerprint density at radius 1 is 1.28 bits per heavy atom. The van der Waals surface area contributed by atoms with E-state index >= 15 is 0 Å². The Kier molecular flexibility index (Phi) is 7.04. The van der Waals surface area contributed by atoms with Gasteiger partial charge in [0.1, 0.15) is 17.3 Å². The molecule has 0 radical (unpaired) electrons. The lowest BCUT2D eigenvalue weighted by atomic mass is 9.44. The van der Waals surface area contributed by atoms with Crippen LogP contribution in [0.1, 0.15) is 89.5 Å². The minimum Gasteiger partial charge on any atom is -0.463 e. The molecule has 0 aliphatic heterocycles. The molecule has 6 rings (SSSR count). The number of thioether (sulfide) groups is 1. The average Bonchev–Trinajstić information content (AvgIpc) is 3.56. The van der Waals surface area contributed by atoms with Gasteiger partial charge in [0.25, 0.3) is 0 Å². The van der Waals surface area contributed by atoms with Crippen LogP contribution in [-0.2, 0) is 23.5 Å². The third-order valence-corrected chi connectivity index (χ3v) is 13.3. The third-order valence-electron chi connectivity index (χ3n) is 11.9. The lowest BCUT2D eigenvalue weighted by Crippen LogP contribution is -2.59. The van der Waals surface area contributed by atoms with Crippen LogP contribution in [0, 0.1) is 39.9 Å². The highest BCUT2D eigenvalue weighted by Crippen LogP contribution is 2.71. The molecule has 4 aliphatic carbocycles. The van der Waals surface area contributed by atoms with Crippen molar-refractivity contribution in [2.45, 2.75) is 91.5 Å². The van der Waals surface area contributed by atoms with Crippen molar-refractivity contribution in [3.63, 3.8) is 0 Å². The Balaban J connectivity index is 1.27. The van der Waals surface area contributed by atoms with E-state index in [1.807, 2.05) is 23.4 Å². The molecular formula is C32H45N2O3PS. The van der Waals surface area contributed by atoms with Gasteiger partial charge in [0.15, 0.2) is 0 Å². The van der Waals surface area contributed by atoms with Crippen LogP contribution >= 0.6 is 21.0 Å². The predicted molar refractivity (Wildman–Crippen MR) is 161 cm³/mol. The average molecular weight is 569 g/mol. The maximum atomic E-state index is 13.4. The quantitative estimate of drug-likeness (QED) is 0.365. The summed E-state index contributed by atoms with van der Waals surface area (Å²) in [5, 5.41) is 16.9. The summed E-state index contributed by atoms with van der Waals surface area (Å²) in [6.07, 6.45) is 9.64. The van der Waals surface area contributed by atoms with E-state index in [0.717, 1.165) is 60.6 Å². The van der Waals surface area contributed by atoms with Crippen LogP contribution in [0.3, 0.4) is 0 Å². The van der Waals surface area contributed by atoms with Gasteiger partial charge in [0, 0.05) is 23.5 Å². The number of allylic oxidation sites excluding steroid dienone is 1. The number of rotatable bonds is 7. The predicted octanol–water partition coefficient (Wildman–Crippen LogP) is 6.97. The molecule has 39 heavy (non-hydrogen) atoms. The van der Waals surface area contributed by atoms with E-state index < -0.39 is 6.10 Å².